The maximum atomic E-state index is 13.3. The van der Waals surface area contributed by atoms with E-state index in [0.29, 0.717) is 11.3 Å². The Kier molecular flexibility index (Phi) is 8.01. The summed E-state index contributed by atoms with van der Waals surface area (Å²) in [7, 11) is 2.36. The van der Waals surface area contributed by atoms with Gasteiger partial charge in [0.25, 0.3) is 5.91 Å². The van der Waals surface area contributed by atoms with E-state index in [-0.39, 0.29) is 33.9 Å². The molecule has 1 atom stereocenters. The zero-order valence-electron chi connectivity index (χ0n) is 22.5. The van der Waals surface area contributed by atoms with Gasteiger partial charge in [-0.2, -0.15) is 5.26 Å². The van der Waals surface area contributed by atoms with Crippen LogP contribution >= 0.6 is 0 Å². The lowest BCUT2D eigenvalue weighted by molar-refractivity contribution is -0.139. The predicted molar refractivity (Wildman–Crippen MR) is 150 cm³/mol. The third-order valence-electron chi connectivity index (χ3n) is 6.61. The summed E-state index contributed by atoms with van der Waals surface area (Å²) in [4.78, 5) is 40.9. The Hall–Kier alpha value is -5.36. The summed E-state index contributed by atoms with van der Waals surface area (Å²) in [5, 5.41) is 13.1. The fraction of sp³-hybridized carbons (Fsp3) is 0.161. The Bertz CT molecular complexity index is 1600. The van der Waals surface area contributed by atoms with Gasteiger partial charge in [0.15, 0.2) is 0 Å². The monoisotopic (exact) mass is 536 g/mol. The second kappa shape index (κ2) is 11.6. The highest BCUT2D eigenvalue weighted by molar-refractivity contribution is 6.08. The summed E-state index contributed by atoms with van der Waals surface area (Å²) in [6, 6.07) is 22.9. The van der Waals surface area contributed by atoms with Gasteiger partial charge >= 0.3 is 11.9 Å². The number of ether oxygens (including phenoxy) is 2. The molecule has 3 N–H and O–H groups in total. The second-order valence-corrected chi connectivity index (χ2v) is 9.16. The van der Waals surface area contributed by atoms with Crippen molar-refractivity contribution < 1.29 is 23.9 Å². The van der Waals surface area contributed by atoms with Gasteiger partial charge < -0.3 is 20.5 Å². The maximum Gasteiger partial charge on any atom is 0.355 e. The number of rotatable bonds is 6. The van der Waals surface area contributed by atoms with Crippen molar-refractivity contribution >= 4 is 29.2 Å². The molecular formula is C31H28N4O5. The largest absolute Gasteiger partial charge is 0.466 e. The van der Waals surface area contributed by atoms with E-state index in [1.54, 1.807) is 48.5 Å². The van der Waals surface area contributed by atoms with Gasteiger partial charge in [0, 0.05) is 16.9 Å². The zero-order valence-corrected chi connectivity index (χ0v) is 22.5. The first-order valence-electron chi connectivity index (χ1n) is 12.4. The van der Waals surface area contributed by atoms with Crippen LogP contribution in [0.3, 0.4) is 0 Å². The molecule has 1 aliphatic rings. The van der Waals surface area contributed by atoms with Crippen molar-refractivity contribution in [2.75, 3.05) is 24.4 Å². The smallest absolute Gasteiger partial charge is 0.355 e. The third-order valence-corrected chi connectivity index (χ3v) is 6.61. The molecule has 40 heavy (non-hydrogen) atoms. The number of hydrogen-bond donors (Lipinski definition) is 2. The van der Waals surface area contributed by atoms with E-state index in [2.05, 4.69) is 11.4 Å². The molecule has 4 rings (SSSR count). The molecule has 9 heteroatoms. The van der Waals surface area contributed by atoms with Crippen LogP contribution in [0.15, 0.2) is 95.5 Å². The highest BCUT2D eigenvalue weighted by atomic mass is 16.5. The van der Waals surface area contributed by atoms with Gasteiger partial charge in [-0.15, -0.1) is 0 Å². The van der Waals surface area contributed by atoms with Crippen molar-refractivity contribution in [3.05, 3.63) is 118 Å². The van der Waals surface area contributed by atoms with Crippen LogP contribution in [0.5, 0.6) is 0 Å². The average Bonchev–Trinajstić information content (AvgIpc) is 2.97. The molecule has 9 nitrogen and oxygen atoms in total. The topological polar surface area (TPSA) is 135 Å². The fourth-order valence-electron chi connectivity index (χ4n) is 4.72. The average molecular weight is 537 g/mol. The molecule has 3 aromatic rings. The van der Waals surface area contributed by atoms with Gasteiger partial charge in [0.2, 0.25) is 0 Å². The van der Waals surface area contributed by atoms with E-state index in [0.717, 1.165) is 11.1 Å². The number of allylic oxidation sites excluding steroid dienone is 1. The van der Waals surface area contributed by atoms with Crippen LogP contribution in [0.1, 0.15) is 33.0 Å². The van der Waals surface area contributed by atoms with E-state index in [4.69, 9.17) is 15.2 Å². The first-order valence-corrected chi connectivity index (χ1v) is 12.4. The summed E-state index contributed by atoms with van der Waals surface area (Å²) in [6.45, 7) is 3.86. The van der Waals surface area contributed by atoms with Crippen molar-refractivity contribution in [1.82, 2.24) is 0 Å². The number of carbonyl (C=O) groups excluding carboxylic acids is 3. The summed E-state index contributed by atoms with van der Waals surface area (Å²) < 4.78 is 10.1. The number of amides is 1. The second-order valence-electron chi connectivity index (χ2n) is 9.16. The molecule has 0 saturated heterocycles. The van der Waals surface area contributed by atoms with Crippen LogP contribution in [0, 0.1) is 25.2 Å². The van der Waals surface area contributed by atoms with Crippen LogP contribution in [0.25, 0.3) is 0 Å². The molecular weight excluding hydrogens is 508 g/mol. The number of methoxy groups -OCH3 is 2. The summed E-state index contributed by atoms with van der Waals surface area (Å²) in [5.74, 6) is -3.17. The number of nitrogens with two attached hydrogens (primary N) is 1. The van der Waals surface area contributed by atoms with E-state index in [9.17, 15) is 19.6 Å². The lowest BCUT2D eigenvalue weighted by Gasteiger charge is -2.36. The van der Waals surface area contributed by atoms with Gasteiger partial charge in [-0.25, -0.2) is 9.59 Å². The Labute approximate surface area is 232 Å². The predicted octanol–water partition coefficient (Wildman–Crippen LogP) is 4.45. The van der Waals surface area contributed by atoms with Crippen molar-refractivity contribution in [3.8, 4) is 6.07 Å². The van der Waals surface area contributed by atoms with Crippen molar-refractivity contribution in [2.45, 2.75) is 19.8 Å². The van der Waals surface area contributed by atoms with Crippen LogP contribution in [-0.2, 0) is 19.1 Å². The number of nitrogens with one attached hydrogen (secondary N) is 1. The molecule has 202 valence electrons. The van der Waals surface area contributed by atoms with Crippen LogP contribution in [-0.4, -0.2) is 32.1 Å². The third kappa shape index (κ3) is 5.15. The minimum absolute atomic E-state index is 0.0318. The van der Waals surface area contributed by atoms with Crippen LogP contribution in [0.4, 0.5) is 11.4 Å². The van der Waals surface area contributed by atoms with E-state index < -0.39 is 23.8 Å². The van der Waals surface area contributed by atoms with Crippen LogP contribution in [0.2, 0.25) is 0 Å². The lowest BCUT2D eigenvalue weighted by Crippen LogP contribution is -2.40. The quantitative estimate of drug-likeness (QED) is 0.441. The van der Waals surface area contributed by atoms with Crippen molar-refractivity contribution in [1.29, 1.82) is 5.26 Å². The molecule has 1 amide bonds. The molecule has 1 aliphatic heterocycles. The van der Waals surface area contributed by atoms with Gasteiger partial charge in [-0.3, -0.25) is 9.69 Å². The number of nitriles is 1. The fourth-order valence-corrected chi connectivity index (χ4v) is 4.72. The number of hydrogen-bond acceptors (Lipinski definition) is 8. The minimum atomic E-state index is -0.986. The molecule has 0 aliphatic carbocycles. The summed E-state index contributed by atoms with van der Waals surface area (Å²) in [5.41, 5.74) is 9.96. The molecule has 3 aromatic carbocycles. The normalized spacial score (nSPS) is 14.9. The Morgan fingerprint density at radius 1 is 0.925 bits per heavy atom. The number of benzene rings is 3. The molecule has 1 heterocycles. The molecule has 0 fully saturated rings. The summed E-state index contributed by atoms with van der Waals surface area (Å²) in [6.07, 6.45) is 0. The standard InChI is InChI=1S/C31H28N4O5/c1-18-13-14-24(19(2)15-18)34-29(36)21-11-8-12-22(16-21)35-27(31(38)40-4)26(30(37)39-3)25(23(17-32)28(35)33)20-9-6-5-7-10-20/h5-16,25H,33H2,1-4H3,(H,34,36). The molecule has 0 bridgehead atoms. The van der Waals surface area contributed by atoms with E-state index in [1.165, 1.54) is 25.2 Å². The summed E-state index contributed by atoms with van der Waals surface area (Å²) >= 11 is 0. The molecule has 0 spiro atoms. The Balaban J connectivity index is 1.89. The number of esters is 2. The number of nitrogens with zero attached hydrogens (tertiary/aromatic N) is 2. The SMILES string of the molecule is COC(=O)C1=C(C(=O)OC)N(c2cccc(C(=O)Nc3ccc(C)cc3C)c2)C(N)=C(C#N)C1c1ccccc1. The number of carbonyl (C=O) groups is 3. The molecule has 0 aromatic heterocycles. The first kappa shape index (κ1) is 27.7. The highest BCUT2D eigenvalue weighted by Gasteiger charge is 2.43. The van der Waals surface area contributed by atoms with Gasteiger partial charge in [-0.05, 0) is 49.2 Å². The number of anilines is 2. The number of aryl methyl sites for hydroxylation is 2. The van der Waals surface area contributed by atoms with E-state index in [1.807, 2.05) is 32.0 Å². The van der Waals surface area contributed by atoms with Crippen molar-refractivity contribution in [2.24, 2.45) is 5.73 Å². The Morgan fingerprint density at radius 2 is 1.62 bits per heavy atom. The molecule has 1 unspecified atom stereocenters. The zero-order chi connectivity index (χ0) is 29.0. The molecule has 0 radical (unpaired) electrons. The molecule has 0 saturated carbocycles. The van der Waals surface area contributed by atoms with Gasteiger partial charge in [0.05, 0.1) is 37.4 Å². The first-order chi connectivity index (χ1) is 19.2. The highest BCUT2D eigenvalue weighted by Crippen LogP contribution is 2.43. The minimum Gasteiger partial charge on any atom is -0.466 e. The Morgan fingerprint density at radius 3 is 2.25 bits per heavy atom. The van der Waals surface area contributed by atoms with Gasteiger partial charge in [-0.1, -0.05) is 54.1 Å². The maximum absolute atomic E-state index is 13.3. The lowest BCUT2D eigenvalue weighted by atomic mass is 9.81. The van der Waals surface area contributed by atoms with Crippen LogP contribution < -0.4 is 16.0 Å². The van der Waals surface area contributed by atoms with Crippen molar-refractivity contribution in [3.63, 3.8) is 0 Å². The van der Waals surface area contributed by atoms with Gasteiger partial charge in [0.1, 0.15) is 11.5 Å². The van der Waals surface area contributed by atoms with E-state index >= 15 is 0 Å².